The molecule has 182 valence electrons. The maximum absolute atomic E-state index is 14.8. The first kappa shape index (κ1) is 24.8. The highest BCUT2D eigenvalue weighted by Gasteiger charge is 2.33. The Morgan fingerprint density at radius 2 is 1.71 bits per heavy atom. The lowest BCUT2D eigenvalue weighted by Gasteiger charge is -2.19. The summed E-state index contributed by atoms with van der Waals surface area (Å²) >= 11 is 6.15. The molecule has 0 spiro atoms. The molecule has 2 heterocycles. The zero-order valence-electron chi connectivity index (χ0n) is 19.3. The Balaban J connectivity index is 1.99. The van der Waals surface area contributed by atoms with Gasteiger partial charge in [-0.05, 0) is 62.2 Å². The Morgan fingerprint density at radius 1 is 1.06 bits per heavy atom. The molecule has 0 radical (unpaired) electrons. The van der Waals surface area contributed by atoms with Crippen LogP contribution in [0.15, 0.2) is 57.9 Å². The quantitative estimate of drug-likeness (QED) is 0.391. The summed E-state index contributed by atoms with van der Waals surface area (Å²) in [6, 6.07) is 9.37. The molecule has 4 aromatic rings. The summed E-state index contributed by atoms with van der Waals surface area (Å²) in [7, 11) is 0. The second-order valence-electron chi connectivity index (χ2n) is 8.71. The van der Waals surface area contributed by atoms with Gasteiger partial charge in [-0.15, -0.1) is 0 Å². The van der Waals surface area contributed by atoms with Crippen molar-refractivity contribution in [2.24, 2.45) is 0 Å². The number of aryl methyl sites for hydroxylation is 2. The Bertz CT molecular complexity index is 1450. The molecule has 0 saturated heterocycles. The Kier molecular flexibility index (Phi) is 6.64. The van der Waals surface area contributed by atoms with E-state index in [4.69, 9.17) is 16.0 Å². The molecule has 0 aliphatic heterocycles. The number of oxazole rings is 1. The minimum absolute atomic E-state index is 0.0274. The number of hydrogen-bond donors (Lipinski definition) is 2. The SMILES string of the molecule is Cc1cc(Cl)cc(C)c1-n1cc(-c2nc(C(C)(CO)CO)oc2-c2ccc(F)cc2F)ccc1=O. The van der Waals surface area contributed by atoms with Crippen LogP contribution in [0.25, 0.3) is 28.3 Å². The van der Waals surface area contributed by atoms with Crippen molar-refractivity contribution in [1.82, 2.24) is 9.55 Å². The number of aliphatic hydroxyl groups excluding tert-OH is 2. The van der Waals surface area contributed by atoms with Crippen LogP contribution < -0.4 is 5.56 Å². The molecule has 0 atom stereocenters. The van der Waals surface area contributed by atoms with Crippen LogP contribution in [0.1, 0.15) is 23.9 Å². The highest BCUT2D eigenvalue weighted by molar-refractivity contribution is 6.30. The van der Waals surface area contributed by atoms with Crippen LogP contribution in [0.5, 0.6) is 0 Å². The largest absolute Gasteiger partial charge is 0.439 e. The summed E-state index contributed by atoms with van der Waals surface area (Å²) < 4.78 is 35.6. The van der Waals surface area contributed by atoms with Crippen molar-refractivity contribution in [2.45, 2.75) is 26.2 Å². The predicted molar refractivity (Wildman–Crippen MR) is 129 cm³/mol. The third-order valence-electron chi connectivity index (χ3n) is 5.90. The van der Waals surface area contributed by atoms with Crippen LogP contribution in [0.3, 0.4) is 0 Å². The summed E-state index contributed by atoms with van der Waals surface area (Å²) in [6.45, 7) is 4.22. The molecule has 0 fully saturated rings. The summed E-state index contributed by atoms with van der Waals surface area (Å²) in [5.41, 5.74) is 1.12. The minimum Gasteiger partial charge on any atom is -0.439 e. The Morgan fingerprint density at radius 3 is 2.31 bits per heavy atom. The normalized spacial score (nSPS) is 11.8. The first-order valence-electron chi connectivity index (χ1n) is 10.8. The second-order valence-corrected chi connectivity index (χ2v) is 9.15. The predicted octanol–water partition coefficient (Wildman–Crippen LogP) is 4.95. The molecule has 0 aliphatic carbocycles. The van der Waals surface area contributed by atoms with Crippen molar-refractivity contribution in [3.05, 3.63) is 92.7 Å². The number of pyridine rings is 1. The summed E-state index contributed by atoms with van der Waals surface area (Å²) in [5, 5.41) is 20.2. The van der Waals surface area contributed by atoms with Crippen molar-refractivity contribution in [3.63, 3.8) is 0 Å². The number of hydrogen-bond acceptors (Lipinski definition) is 5. The molecule has 2 aromatic carbocycles. The van der Waals surface area contributed by atoms with Crippen LogP contribution in [0.2, 0.25) is 5.02 Å². The van der Waals surface area contributed by atoms with Crippen molar-refractivity contribution in [2.75, 3.05) is 13.2 Å². The summed E-state index contributed by atoms with van der Waals surface area (Å²) in [6.07, 6.45) is 1.55. The summed E-state index contributed by atoms with van der Waals surface area (Å²) in [5.74, 6) is -1.69. The molecule has 0 unspecified atom stereocenters. The standard InChI is InChI=1S/C26H23ClF2N2O4/c1-14-8-17(27)9-15(2)23(14)31-11-16(4-7-21(31)34)22-24(19-6-5-18(28)10-20(19)29)35-25(30-22)26(3,12-32)13-33/h4-11,32-33H,12-13H2,1-3H3. The van der Waals surface area contributed by atoms with Gasteiger partial charge in [0.1, 0.15) is 17.3 Å². The van der Waals surface area contributed by atoms with E-state index in [2.05, 4.69) is 4.98 Å². The number of rotatable bonds is 6. The molecular formula is C26H23ClF2N2O4. The molecule has 9 heteroatoms. The van der Waals surface area contributed by atoms with E-state index in [-0.39, 0.29) is 28.5 Å². The zero-order chi connectivity index (χ0) is 25.5. The van der Waals surface area contributed by atoms with Crippen molar-refractivity contribution >= 4 is 11.6 Å². The van der Waals surface area contributed by atoms with Crippen LogP contribution in [-0.2, 0) is 5.41 Å². The van der Waals surface area contributed by atoms with Crippen molar-refractivity contribution < 1.29 is 23.4 Å². The van der Waals surface area contributed by atoms with Gasteiger partial charge in [0, 0.05) is 28.9 Å². The number of aliphatic hydroxyl groups is 2. The fraction of sp³-hybridized carbons (Fsp3) is 0.231. The topological polar surface area (TPSA) is 88.5 Å². The lowest BCUT2D eigenvalue weighted by atomic mass is 9.93. The van der Waals surface area contributed by atoms with Crippen LogP contribution >= 0.6 is 11.6 Å². The highest BCUT2D eigenvalue weighted by atomic mass is 35.5. The Labute approximate surface area is 205 Å². The number of aromatic nitrogens is 2. The van der Waals surface area contributed by atoms with E-state index >= 15 is 0 Å². The molecule has 0 aliphatic rings. The molecular weight excluding hydrogens is 478 g/mol. The number of benzene rings is 2. The smallest absolute Gasteiger partial charge is 0.255 e. The average Bonchev–Trinajstić information content (AvgIpc) is 3.25. The second kappa shape index (κ2) is 9.37. The van der Waals surface area contributed by atoms with E-state index in [0.29, 0.717) is 16.3 Å². The average molecular weight is 501 g/mol. The van der Waals surface area contributed by atoms with Gasteiger partial charge < -0.3 is 14.6 Å². The van der Waals surface area contributed by atoms with Gasteiger partial charge in [0.2, 0.25) is 5.89 Å². The van der Waals surface area contributed by atoms with E-state index in [1.165, 1.54) is 29.7 Å². The number of nitrogens with zero attached hydrogens (tertiary/aromatic N) is 2. The first-order valence-corrected chi connectivity index (χ1v) is 11.1. The van der Waals surface area contributed by atoms with E-state index in [9.17, 15) is 23.8 Å². The van der Waals surface area contributed by atoms with E-state index < -0.39 is 30.3 Å². The molecule has 6 nitrogen and oxygen atoms in total. The fourth-order valence-corrected chi connectivity index (χ4v) is 4.23. The van der Waals surface area contributed by atoms with Gasteiger partial charge in [-0.1, -0.05) is 11.6 Å². The maximum Gasteiger partial charge on any atom is 0.255 e. The van der Waals surface area contributed by atoms with Crippen LogP contribution in [0.4, 0.5) is 8.78 Å². The lowest BCUT2D eigenvalue weighted by Crippen LogP contribution is -2.31. The maximum atomic E-state index is 14.8. The molecule has 4 rings (SSSR count). The summed E-state index contributed by atoms with van der Waals surface area (Å²) in [4.78, 5) is 17.3. The molecule has 2 N–H and O–H groups in total. The fourth-order valence-electron chi connectivity index (χ4n) is 3.90. The first-order chi connectivity index (χ1) is 16.6. The van der Waals surface area contributed by atoms with Gasteiger partial charge in [-0.3, -0.25) is 9.36 Å². The van der Waals surface area contributed by atoms with Gasteiger partial charge in [-0.2, -0.15) is 0 Å². The number of halogens is 3. The van der Waals surface area contributed by atoms with E-state index in [0.717, 1.165) is 23.3 Å². The van der Waals surface area contributed by atoms with Crippen LogP contribution in [0, 0.1) is 25.5 Å². The molecule has 2 aromatic heterocycles. The minimum atomic E-state index is -1.26. The molecule has 0 bridgehead atoms. The van der Waals surface area contributed by atoms with Gasteiger partial charge in [0.25, 0.3) is 5.56 Å². The van der Waals surface area contributed by atoms with Gasteiger partial charge in [0.05, 0.1) is 29.9 Å². The molecule has 0 saturated carbocycles. The lowest BCUT2D eigenvalue weighted by molar-refractivity contribution is 0.109. The third-order valence-corrected chi connectivity index (χ3v) is 6.12. The van der Waals surface area contributed by atoms with E-state index in [1.54, 1.807) is 18.3 Å². The molecule has 35 heavy (non-hydrogen) atoms. The van der Waals surface area contributed by atoms with Crippen LogP contribution in [-0.4, -0.2) is 33.0 Å². The molecule has 0 amide bonds. The van der Waals surface area contributed by atoms with E-state index in [1.807, 2.05) is 13.8 Å². The Hall–Kier alpha value is -3.33. The third kappa shape index (κ3) is 4.52. The van der Waals surface area contributed by atoms with Crippen molar-refractivity contribution in [3.8, 4) is 28.3 Å². The van der Waals surface area contributed by atoms with Crippen molar-refractivity contribution in [1.29, 1.82) is 0 Å². The van der Waals surface area contributed by atoms with Gasteiger partial charge in [0.15, 0.2) is 5.76 Å². The zero-order valence-corrected chi connectivity index (χ0v) is 20.0. The van der Waals surface area contributed by atoms with Gasteiger partial charge in [-0.25, -0.2) is 13.8 Å². The highest BCUT2D eigenvalue weighted by Crippen LogP contribution is 2.37. The van der Waals surface area contributed by atoms with Gasteiger partial charge >= 0.3 is 0 Å². The monoisotopic (exact) mass is 500 g/mol.